The SMILES string of the molecule is CCCn1cc(S(=O)(=O)Nc2ccc(OC)cc2)c2cccnc21. The number of hydrogen-bond acceptors (Lipinski definition) is 4. The second-order valence-corrected chi connectivity index (χ2v) is 7.05. The first-order chi connectivity index (χ1) is 11.5. The summed E-state index contributed by atoms with van der Waals surface area (Å²) in [4.78, 5) is 4.55. The fraction of sp³-hybridized carbons (Fsp3) is 0.235. The number of nitrogens with zero attached hydrogens (tertiary/aromatic N) is 2. The number of benzene rings is 1. The molecule has 0 fully saturated rings. The Bertz CT molecular complexity index is 947. The van der Waals surface area contributed by atoms with Gasteiger partial charge in [0, 0.05) is 30.0 Å². The van der Waals surface area contributed by atoms with Crippen LogP contribution in [-0.2, 0) is 16.6 Å². The number of fused-ring (bicyclic) bond motifs is 1. The van der Waals surface area contributed by atoms with Crippen molar-refractivity contribution in [3.8, 4) is 5.75 Å². The zero-order valence-corrected chi connectivity index (χ0v) is 14.4. The number of pyridine rings is 1. The van der Waals surface area contributed by atoms with E-state index in [1.54, 1.807) is 55.9 Å². The van der Waals surface area contributed by atoms with E-state index in [1.807, 2.05) is 11.5 Å². The minimum atomic E-state index is -3.71. The zero-order valence-electron chi connectivity index (χ0n) is 13.6. The topological polar surface area (TPSA) is 73.2 Å². The van der Waals surface area contributed by atoms with E-state index in [4.69, 9.17) is 4.74 Å². The van der Waals surface area contributed by atoms with Gasteiger partial charge in [-0.1, -0.05) is 6.92 Å². The lowest BCUT2D eigenvalue weighted by molar-refractivity contribution is 0.415. The second kappa shape index (κ2) is 6.52. The van der Waals surface area contributed by atoms with Gasteiger partial charge in [0.1, 0.15) is 16.3 Å². The van der Waals surface area contributed by atoms with Crippen LogP contribution >= 0.6 is 0 Å². The summed E-state index contributed by atoms with van der Waals surface area (Å²) in [6, 6.07) is 10.3. The third-order valence-electron chi connectivity index (χ3n) is 3.69. The predicted molar refractivity (Wildman–Crippen MR) is 93.8 cm³/mol. The van der Waals surface area contributed by atoms with Crippen molar-refractivity contribution >= 4 is 26.7 Å². The first-order valence-electron chi connectivity index (χ1n) is 7.66. The lowest BCUT2D eigenvalue weighted by Crippen LogP contribution is -2.12. The first kappa shape index (κ1) is 16.3. The van der Waals surface area contributed by atoms with Crippen molar-refractivity contribution in [1.29, 1.82) is 0 Å². The van der Waals surface area contributed by atoms with Crippen LogP contribution in [0.3, 0.4) is 0 Å². The molecule has 1 aromatic carbocycles. The summed E-state index contributed by atoms with van der Waals surface area (Å²) in [7, 11) is -2.14. The van der Waals surface area contributed by atoms with Crippen LogP contribution in [0.1, 0.15) is 13.3 Å². The highest BCUT2D eigenvalue weighted by Gasteiger charge is 2.21. The van der Waals surface area contributed by atoms with Crippen LogP contribution in [0.15, 0.2) is 53.7 Å². The number of rotatable bonds is 6. The van der Waals surface area contributed by atoms with E-state index < -0.39 is 10.0 Å². The third-order valence-corrected chi connectivity index (χ3v) is 5.10. The summed E-state index contributed by atoms with van der Waals surface area (Å²) in [6.45, 7) is 2.75. The highest BCUT2D eigenvalue weighted by Crippen LogP contribution is 2.26. The Morgan fingerprint density at radius 1 is 1.21 bits per heavy atom. The minimum Gasteiger partial charge on any atom is -0.497 e. The molecule has 0 bridgehead atoms. The van der Waals surface area contributed by atoms with Crippen LogP contribution in [0, 0.1) is 0 Å². The van der Waals surface area contributed by atoms with Gasteiger partial charge in [-0.05, 0) is 42.8 Å². The van der Waals surface area contributed by atoms with Crippen LogP contribution < -0.4 is 9.46 Å². The van der Waals surface area contributed by atoms with E-state index in [0.29, 0.717) is 29.0 Å². The molecule has 7 heteroatoms. The Morgan fingerprint density at radius 2 is 1.96 bits per heavy atom. The van der Waals surface area contributed by atoms with Crippen LogP contribution in [0.25, 0.3) is 11.0 Å². The molecule has 126 valence electrons. The molecule has 0 saturated carbocycles. The molecule has 0 aliphatic rings. The lowest BCUT2D eigenvalue weighted by Gasteiger charge is -2.08. The molecule has 0 spiro atoms. The molecule has 2 aromatic heterocycles. The summed E-state index contributed by atoms with van der Waals surface area (Å²) in [5, 5.41) is 0.618. The number of sulfonamides is 1. The highest BCUT2D eigenvalue weighted by atomic mass is 32.2. The maximum Gasteiger partial charge on any atom is 0.264 e. The van der Waals surface area contributed by atoms with E-state index in [-0.39, 0.29) is 4.90 Å². The Hall–Kier alpha value is -2.54. The van der Waals surface area contributed by atoms with E-state index in [2.05, 4.69) is 9.71 Å². The molecule has 0 amide bonds. The van der Waals surface area contributed by atoms with Crippen molar-refractivity contribution in [2.24, 2.45) is 0 Å². The first-order valence-corrected chi connectivity index (χ1v) is 9.14. The summed E-state index contributed by atoms with van der Waals surface area (Å²) < 4.78 is 35.2. The van der Waals surface area contributed by atoms with E-state index in [9.17, 15) is 8.42 Å². The molecule has 0 unspecified atom stereocenters. The van der Waals surface area contributed by atoms with Gasteiger partial charge in [0.15, 0.2) is 0 Å². The zero-order chi connectivity index (χ0) is 17.2. The lowest BCUT2D eigenvalue weighted by atomic mass is 10.3. The van der Waals surface area contributed by atoms with Crippen molar-refractivity contribution in [2.75, 3.05) is 11.8 Å². The van der Waals surface area contributed by atoms with Crippen molar-refractivity contribution in [2.45, 2.75) is 24.8 Å². The molecule has 0 aliphatic carbocycles. The average Bonchev–Trinajstić information content (AvgIpc) is 2.96. The Morgan fingerprint density at radius 3 is 2.62 bits per heavy atom. The van der Waals surface area contributed by atoms with Gasteiger partial charge in [0.25, 0.3) is 10.0 Å². The number of nitrogens with one attached hydrogen (secondary N) is 1. The van der Waals surface area contributed by atoms with E-state index in [0.717, 1.165) is 6.42 Å². The number of ether oxygens (including phenoxy) is 1. The summed E-state index contributed by atoms with van der Waals surface area (Å²) >= 11 is 0. The van der Waals surface area contributed by atoms with Crippen LogP contribution in [0.5, 0.6) is 5.75 Å². The fourth-order valence-electron chi connectivity index (χ4n) is 2.59. The molecule has 0 aliphatic heterocycles. The van der Waals surface area contributed by atoms with Gasteiger partial charge in [-0.2, -0.15) is 0 Å². The van der Waals surface area contributed by atoms with Gasteiger partial charge in [-0.3, -0.25) is 4.72 Å². The van der Waals surface area contributed by atoms with Gasteiger partial charge in [-0.25, -0.2) is 13.4 Å². The second-order valence-electron chi connectivity index (χ2n) is 5.40. The molecule has 0 atom stereocenters. The summed E-state index contributed by atoms with van der Waals surface area (Å²) in [5.74, 6) is 0.668. The number of aryl methyl sites for hydroxylation is 1. The Labute approximate surface area is 141 Å². The number of anilines is 1. The van der Waals surface area contributed by atoms with Gasteiger partial charge < -0.3 is 9.30 Å². The smallest absolute Gasteiger partial charge is 0.264 e. The van der Waals surface area contributed by atoms with Crippen LogP contribution in [0.2, 0.25) is 0 Å². The Kier molecular flexibility index (Phi) is 4.44. The molecule has 2 heterocycles. The summed E-state index contributed by atoms with van der Waals surface area (Å²) in [6.07, 6.45) is 4.21. The van der Waals surface area contributed by atoms with Gasteiger partial charge in [0.05, 0.1) is 7.11 Å². The third kappa shape index (κ3) is 3.07. The molecule has 24 heavy (non-hydrogen) atoms. The molecular formula is C17H19N3O3S. The maximum atomic E-state index is 12.8. The molecule has 6 nitrogen and oxygen atoms in total. The molecule has 1 N–H and O–H groups in total. The van der Waals surface area contributed by atoms with E-state index >= 15 is 0 Å². The van der Waals surface area contributed by atoms with Crippen molar-refractivity contribution in [3.05, 3.63) is 48.8 Å². The van der Waals surface area contributed by atoms with Gasteiger partial charge >= 0.3 is 0 Å². The van der Waals surface area contributed by atoms with Gasteiger partial charge in [0.2, 0.25) is 0 Å². The van der Waals surface area contributed by atoms with Crippen molar-refractivity contribution < 1.29 is 13.2 Å². The largest absolute Gasteiger partial charge is 0.497 e. The van der Waals surface area contributed by atoms with Crippen molar-refractivity contribution in [1.82, 2.24) is 9.55 Å². The molecule has 0 radical (unpaired) electrons. The van der Waals surface area contributed by atoms with Gasteiger partial charge in [-0.15, -0.1) is 0 Å². The van der Waals surface area contributed by atoms with Crippen LogP contribution in [0.4, 0.5) is 5.69 Å². The molecule has 3 aromatic rings. The normalized spacial score (nSPS) is 11.6. The fourth-order valence-corrected chi connectivity index (χ4v) is 3.86. The molecule has 0 saturated heterocycles. The number of methoxy groups -OCH3 is 1. The summed E-state index contributed by atoms with van der Waals surface area (Å²) in [5.41, 5.74) is 1.16. The van der Waals surface area contributed by atoms with Crippen LogP contribution in [-0.4, -0.2) is 25.1 Å². The van der Waals surface area contributed by atoms with E-state index in [1.165, 1.54) is 0 Å². The predicted octanol–water partition coefficient (Wildman–Crippen LogP) is 3.26. The number of hydrogen-bond donors (Lipinski definition) is 1. The minimum absolute atomic E-state index is 0.231. The van der Waals surface area contributed by atoms with Crippen molar-refractivity contribution in [3.63, 3.8) is 0 Å². The maximum absolute atomic E-state index is 12.8. The average molecular weight is 345 g/mol. The Balaban J connectivity index is 2.01. The molecule has 3 rings (SSSR count). The number of aromatic nitrogens is 2. The highest BCUT2D eigenvalue weighted by molar-refractivity contribution is 7.93. The monoisotopic (exact) mass is 345 g/mol. The standard InChI is InChI=1S/C17H19N3O3S/c1-3-11-20-12-16(15-5-4-10-18-17(15)20)24(21,22)19-13-6-8-14(23-2)9-7-13/h4-10,12,19H,3,11H2,1-2H3. The quantitative estimate of drug-likeness (QED) is 0.744. The molecular weight excluding hydrogens is 326 g/mol.